The van der Waals surface area contributed by atoms with Crippen LogP contribution in [0.4, 0.5) is 0 Å². The van der Waals surface area contributed by atoms with Crippen LogP contribution in [0.5, 0.6) is 11.5 Å². The second kappa shape index (κ2) is 8.16. The number of benzene rings is 1. The molecule has 0 aliphatic heterocycles. The number of hydrogen-bond donors (Lipinski definition) is 2. The van der Waals surface area contributed by atoms with Crippen LogP contribution in [-0.4, -0.2) is 30.2 Å². The molecule has 1 heterocycles. The molecule has 1 aromatic heterocycles. The second-order valence-electron chi connectivity index (χ2n) is 6.56. The average Bonchev–Trinajstić information content (AvgIpc) is 3.29. The van der Waals surface area contributed by atoms with Gasteiger partial charge in [-0.1, -0.05) is 0 Å². The minimum absolute atomic E-state index is 0.0920. The lowest BCUT2D eigenvalue weighted by atomic mass is 10.2. The van der Waals surface area contributed by atoms with E-state index in [-0.39, 0.29) is 24.1 Å². The van der Waals surface area contributed by atoms with E-state index in [0.717, 1.165) is 12.8 Å². The molecule has 144 valence electrons. The number of ether oxygens (including phenoxy) is 2. The van der Waals surface area contributed by atoms with Crippen molar-refractivity contribution in [3.63, 3.8) is 0 Å². The van der Waals surface area contributed by atoms with Gasteiger partial charge in [0.1, 0.15) is 17.1 Å². The van der Waals surface area contributed by atoms with Gasteiger partial charge in [0.2, 0.25) is 0 Å². The lowest BCUT2D eigenvalue weighted by molar-refractivity contribution is 0.0694. The molecule has 3 rings (SSSR count). The molecule has 2 aromatic rings. The van der Waals surface area contributed by atoms with Gasteiger partial charge in [-0.25, -0.2) is 4.79 Å². The van der Waals surface area contributed by atoms with Crippen molar-refractivity contribution >= 4 is 11.9 Å². The van der Waals surface area contributed by atoms with E-state index in [9.17, 15) is 9.59 Å². The Bertz CT molecular complexity index is 835. The molecule has 0 bridgehead atoms. The summed E-state index contributed by atoms with van der Waals surface area (Å²) in [5.74, 6) is 0.460. The van der Waals surface area contributed by atoms with Crippen LogP contribution >= 0.6 is 0 Å². The molecule has 0 radical (unpaired) electrons. The zero-order valence-corrected chi connectivity index (χ0v) is 15.4. The summed E-state index contributed by atoms with van der Waals surface area (Å²) < 4.78 is 16.7. The number of carbonyl (C=O) groups excluding carboxylic acids is 1. The Balaban J connectivity index is 1.65. The predicted octanol–water partition coefficient (Wildman–Crippen LogP) is 3.55. The highest BCUT2D eigenvalue weighted by molar-refractivity contribution is 5.95. The van der Waals surface area contributed by atoms with Gasteiger partial charge in [-0.2, -0.15) is 0 Å². The molecule has 0 spiro atoms. The van der Waals surface area contributed by atoms with Crippen molar-refractivity contribution in [2.24, 2.45) is 0 Å². The van der Waals surface area contributed by atoms with E-state index in [1.807, 2.05) is 0 Å². The lowest BCUT2D eigenvalue weighted by Crippen LogP contribution is -2.22. The first-order chi connectivity index (χ1) is 13.0. The topological polar surface area (TPSA) is 98.0 Å². The average molecular weight is 373 g/mol. The Hall–Kier alpha value is -2.96. The molecule has 1 amide bonds. The van der Waals surface area contributed by atoms with Crippen molar-refractivity contribution in [2.75, 3.05) is 7.11 Å². The Kier molecular flexibility index (Phi) is 5.69. The molecule has 7 nitrogen and oxygen atoms in total. The van der Waals surface area contributed by atoms with E-state index in [2.05, 4.69) is 5.32 Å². The maximum atomic E-state index is 12.4. The molecule has 7 heteroatoms. The number of carboxylic acid groups (broad SMARTS) is 1. The minimum atomic E-state index is -1.06. The monoisotopic (exact) mass is 373 g/mol. The highest BCUT2D eigenvalue weighted by Gasteiger charge is 2.20. The van der Waals surface area contributed by atoms with Crippen molar-refractivity contribution in [1.82, 2.24) is 5.32 Å². The summed E-state index contributed by atoms with van der Waals surface area (Å²) in [4.78, 5) is 23.4. The number of carboxylic acids is 1. The first-order valence-corrected chi connectivity index (χ1v) is 8.93. The Morgan fingerprint density at radius 1 is 1.22 bits per heavy atom. The molecule has 1 aliphatic carbocycles. The van der Waals surface area contributed by atoms with Crippen molar-refractivity contribution < 1.29 is 28.6 Å². The fourth-order valence-electron chi connectivity index (χ4n) is 3.20. The number of carbonyl (C=O) groups is 2. The summed E-state index contributed by atoms with van der Waals surface area (Å²) in [6.45, 7) is 1.66. The van der Waals surface area contributed by atoms with Crippen molar-refractivity contribution in [2.45, 2.75) is 45.3 Å². The molecule has 1 aromatic carbocycles. The summed E-state index contributed by atoms with van der Waals surface area (Å²) in [5, 5.41) is 11.8. The summed E-state index contributed by atoms with van der Waals surface area (Å²) in [6, 6.07) is 6.47. The SMILES string of the molecule is COc1cc(C(=O)NCc2cc(C(=O)O)c(C)o2)ccc1OC1CCCC1. The molecular weight excluding hydrogens is 350 g/mol. The van der Waals surface area contributed by atoms with Gasteiger partial charge in [-0.3, -0.25) is 4.79 Å². The van der Waals surface area contributed by atoms with E-state index in [1.54, 1.807) is 25.1 Å². The van der Waals surface area contributed by atoms with E-state index in [1.165, 1.54) is 26.0 Å². The third-order valence-electron chi connectivity index (χ3n) is 4.64. The van der Waals surface area contributed by atoms with Crippen LogP contribution in [0.1, 0.15) is 57.9 Å². The molecule has 1 fully saturated rings. The standard InChI is InChI=1S/C20H23NO6/c1-12-16(20(23)24)10-15(26-12)11-21-19(22)13-7-8-17(18(9-13)25-2)27-14-5-3-4-6-14/h7-10,14H,3-6,11H2,1-2H3,(H,21,22)(H,23,24). The van der Waals surface area contributed by atoms with Crippen LogP contribution in [0.3, 0.4) is 0 Å². The summed E-state index contributed by atoms with van der Waals surface area (Å²) in [7, 11) is 1.54. The fourth-order valence-corrected chi connectivity index (χ4v) is 3.20. The van der Waals surface area contributed by atoms with Gasteiger partial charge in [0.25, 0.3) is 5.91 Å². The Morgan fingerprint density at radius 3 is 2.59 bits per heavy atom. The molecular formula is C20H23NO6. The van der Waals surface area contributed by atoms with E-state index >= 15 is 0 Å². The number of aryl methyl sites for hydroxylation is 1. The molecule has 27 heavy (non-hydrogen) atoms. The summed E-state index contributed by atoms with van der Waals surface area (Å²) in [6.07, 6.45) is 4.61. The largest absolute Gasteiger partial charge is 0.493 e. The van der Waals surface area contributed by atoms with Crippen LogP contribution in [-0.2, 0) is 6.54 Å². The van der Waals surface area contributed by atoms with E-state index < -0.39 is 5.97 Å². The van der Waals surface area contributed by atoms with Crippen LogP contribution < -0.4 is 14.8 Å². The van der Waals surface area contributed by atoms with Crippen LogP contribution in [0.2, 0.25) is 0 Å². The van der Waals surface area contributed by atoms with Gasteiger partial charge in [0.15, 0.2) is 11.5 Å². The molecule has 0 saturated heterocycles. The van der Waals surface area contributed by atoms with Gasteiger partial charge in [0.05, 0.1) is 19.8 Å². The third kappa shape index (κ3) is 4.42. The number of amides is 1. The van der Waals surface area contributed by atoms with Gasteiger partial charge in [-0.05, 0) is 56.9 Å². The number of nitrogens with one attached hydrogen (secondary N) is 1. The first kappa shape index (κ1) is 18.8. The van der Waals surface area contributed by atoms with Crippen LogP contribution in [0, 0.1) is 6.92 Å². The number of aromatic carboxylic acids is 1. The zero-order chi connectivity index (χ0) is 19.4. The smallest absolute Gasteiger partial charge is 0.339 e. The highest BCUT2D eigenvalue weighted by atomic mass is 16.5. The normalized spacial score (nSPS) is 14.1. The number of furan rings is 1. The maximum absolute atomic E-state index is 12.4. The molecule has 2 N–H and O–H groups in total. The summed E-state index contributed by atoms with van der Waals surface area (Å²) >= 11 is 0. The van der Waals surface area contributed by atoms with Crippen molar-refractivity contribution in [3.05, 3.63) is 46.9 Å². The van der Waals surface area contributed by atoms with Crippen LogP contribution in [0.25, 0.3) is 0 Å². The number of rotatable bonds is 7. The van der Waals surface area contributed by atoms with Crippen molar-refractivity contribution in [1.29, 1.82) is 0 Å². The molecule has 1 saturated carbocycles. The Labute approximate surface area is 157 Å². The number of hydrogen-bond acceptors (Lipinski definition) is 5. The molecule has 0 unspecified atom stereocenters. The first-order valence-electron chi connectivity index (χ1n) is 8.93. The third-order valence-corrected chi connectivity index (χ3v) is 4.64. The zero-order valence-electron chi connectivity index (χ0n) is 15.4. The number of methoxy groups -OCH3 is 1. The fraction of sp³-hybridized carbons (Fsp3) is 0.400. The predicted molar refractivity (Wildman–Crippen MR) is 97.5 cm³/mol. The molecule has 1 aliphatic rings. The van der Waals surface area contributed by atoms with Gasteiger partial charge in [0, 0.05) is 5.56 Å². The second-order valence-corrected chi connectivity index (χ2v) is 6.56. The van der Waals surface area contributed by atoms with Gasteiger partial charge >= 0.3 is 5.97 Å². The van der Waals surface area contributed by atoms with Gasteiger partial charge in [-0.15, -0.1) is 0 Å². The maximum Gasteiger partial charge on any atom is 0.339 e. The van der Waals surface area contributed by atoms with E-state index in [0.29, 0.717) is 28.6 Å². The van der Waals surface area contributed by atoms with Crippen LogP contribution in [0.15, 0.2) is 28.7 Å². The lowest BCUT2D eigenvalue weighted by Gasteiger charge is -2.16. The van der Waals surface area contributed by atoms with Gasteiger partial charge < -0.3 is 24.3 Å². The minimum Gasteiger partial charge on any atom is -0.493 e. The van der Waals surface area contributed by atoms with Crippen molar-refractivity contribution in [3.8, 4) is 11.5 Å². The van der Waals surface area contributed by atoms with E-state index in [4.69, 9.17) is 19.0 Å². The Morgan fingerprint density at radius 2 is 1.96 bits per heavy atom. The quantitative estimate of drug-likeness (QED) is 0.770. The summed E-state index contributed by atoms with van der Waals surface area (Å²) in [5.41, 5.74) is 0.515. The molecule has 0 atom stereocenters. The highest BCUT2D eigenvalue weighted by Crippen LogP contribution is 2.32.